The van der Waals surface area contributed by atoms with Gasteiger partial charge in [-0.05, 0) is 60.0 Å². The molecule has 0 radical (unpaired) electrons. The molecule has 0 aromatic heterocycles. The molecular formula is C26H28Cl2N2O3. The summed E-state index contributed by atoms with van der Waals surface area (Å²) in [7, 11) is 7.21. The fourth-order valence-electron chi connectivity index (χ4n) is 3.51. The van der Waals surface area contributed by atoms with E-state index in [0.29, 0.717) is 46.6 Å². The Kier molecular flexibility index (Phi) is 8.48. The first-order chi connectivity index (χ1) is 15.8. The molecule has 0 saturated carbocycles. The molecule has 3 aromatic rings. The number of amides is 1. The fraction of sp³-hybridized carbons (Fsp3) is 0.269. The summed E-state index contributed by atoms with van der Waals surface area (Å²) in [6.45, 7) is 0.960. The molecule has 0 heterocycles. The van der Waals surface area contributed by atoms with Crippen LogP contribution in [0.5, 0.6) is 11.5 Å². The quantitative estimate of drug-likeness (QED) is 0.374. The van der Waals surface area contributed by atoms with E-state index in [1.165, 1.54) is 0 Å². The van der Waals surface area contributed by atoms with Crippen LogP contribution in [0, 0.1) is 0 Å². The topological polar surface area (TPSA) is 42.0 Å². The summed E-state index contributed by atoms with van der Waals surface area (Å²) in [5.74, 6) is 1.19. The van der Waals surface area contributed by atoms with Gasteiger partial charge < -0.3 is 19.3 Å². The van der Waals surface area contributed by atoms with Crippen molar-refractivity contribution in [1.82, 2.24) is 4.90 Å². The fourth-order valence-corrected chi connectivity index (χ4v) is 4.00. The summed E-state index contributed by atoms with van der Waals surface area (Å²) < 4.78 is 10.7. The summed E-state index contributed by atoms with van der Waals surface area (Å²) in [5, 5.41) is 0.833. The minimum absolute atomic E-state index is 0.145. The predicted molar refractivity (Wildman–Crippen MR) is 135 cm³/mol. The van der Waals surface area contributed by atoms with E-state index in [1.807, 2.05) is 61.5 Å². The van der Waals surface area contributed by atoms with Crippen molar-refractivity contribution in [3.05, 3.63) is 87.4 Å². The van der Waals surface area contributed by atoms with Crippen LogP contribution in [0.15, 0.2) is 60.7 Å². The van der Waals surface area contributed by atoms with E-state index in [0.717, 1.165) is 16.8 Å². The number of rotatable bonds is 9. The molecule has 0 fully saturated rings. The molecule has 0 aliphatic rings. The van der Waals surface area contributed by atoms with E-state index < -0.39 is 0 Å². The Morgan fingerprint density at radius 3 is 2.12 bits per heavy atom. The highest BCUT2D eigenvalue weighted by Crippen LogP contribution is 2.28. The highest BCUT2D eigenvalue weighted by Gasteiger charge is 2.19. The van der Waals surface area contributed by atoms with Gasteiger partial charge in [0.05, 0.1) is 24.8 Å². The minimum Gasteiger partial charge on any atom is -0.493 e. The highest BCUT2D eigenvalue weighted by atomic mass is 35.5. The van der Waals surface area contributed by atoms with Crippen molar-refractivity contribution in [2.75, 3.05) is 39.8 Å². The van der Waals surface area contributed by atoms with Crippen LogP contribution in [0.1, 0.15) is 21.5 Å². The lowest BCUT2D eigenvalue weighted by atomic mass is 10.1. The van der Waals surface area contributed by atoms with Gasteiger partial charge in [0.1, 0.15) is 0 Å². The smallest absolute Gasteiger partial charge is 0.255 e. The SMILES string of the molecule is COc1ccc(CCN(Cc2ccc(N(C)C)cc2)C(=O)c2ccc(Cl)cc2Cl)cc1OC. The maximum absolute atomic E-state index is 13.4. The van der Waals surface area contributed by atoms with Gasteiger partial charge in [0.25, 0.3) is 5.91 Å². The molecule has 5 nitrogen and oxygen atoms in total. The standard InChI is InChI=1S/C26H28Cl2N2O3/c1-29(2)21-9-5-19(6-10-21)17-30(26(31)22-11-8-20(27)16-23(22)28)14-13-18-7-12-24(32-3)25(15-18)33-4/h5-12,15-16H,13-14,17H2,1-4H3. The van der Waals surface area contributed by atoms with Gasteiger partial charge in [-0.25, -0.2) is 0 Å². The number of carbonyl (C=O) groups excluding carboxylic acids is 1. The van der Waals surface area contributed by atoms with Gasteiger partial charge in [-0.2, -0.15) is 0 Å². The Bertz CT molecular complexity index is 1100. The van der Waals surface area contributed by atoms with Crippen LogP contribution in [-0.2, 0) is 13.0 Å². The third-order valence-corrected chi connectivity index (χ3v) is 5.94. The molecule has 0 saturated heterocycles. The number of ether oxygens (including phenoxy) is 2. The molecule has 0 N–H and O–H groups in total. The van der Waals surface area contributed by atoms with Crippen molar-refractivity contribution in [3.63, 3.8) is 0 Å². The molecule has 0 unspecified atom stereocenters. The molecule has 174 valence electrons. The Morgan fingerprint density at radius 2 is 1.52 bits per heavy atom. The largest absolute Gasteiger partial charge is 0.493 e. The maximum atomic E-state index is 13.4. The van der Waals surface area contributed by atoms with Crippen LogP contribution in [0.25, 0.3) is 0 Å². The lowest BCUT2D eigenvalue weighted by molar-refractivity contribution is 0.0745. The van der Waals surface area contributed by atoms with E-state index in [-0.39, 0.29) is 5.91 Å². The normalized spacial score (nSPS) is 10.6. The number of nitrogens with zero attached hydrogens (tertiary/aromatic N) is 2. The van der Waals surface area contributed by atoms with Gasteiger partial charge >= 0.3 is 0 Å². The average Bonchev–Trinajstić information content (AvgIpc) is 2.81. The van der Waals surface area contributed by atoms with Crippen LogP contribution in [0.2, 0.25) is 10.0 Å². The zero-order valence-electron chi connectivity index (χ0n) is 19.3. The number of anilines is 1. The molecule has 3 rings (SSSR count). The Morgan fingerprint density at radius 1 is 0.848 bits per heavy atom. The first-order valence-corrected chi connectivity index (χ1v) is 11.3. The Hall–Kier alpha value is -2.89. The van der Waals surface area contributed by atoms with Crippen molar-refractivity contribution in [3.8, 4) is 11.5 Å². The van der Waals surface area contributed by atoms with E-state index in [2.05, 4.69) is 0 Å². The number of methoxy groups -OCH3 is 2. The molecular weight excluding hydrogens is 459 g/mol. The summed E-state index contributed by atoms with van der Waals surface area (Å²) in [6, 6.07) is 18.9. The molecule has 0 spiro atoms. The Balaban J connectivity index is 1.85. The van der Waals surface area contributed by atoms with Gasteiger partial charge in [-0.1, -0.05) is 41.4 Å². The van der Waals surface area contributed by atoms with E-state index >= 15 is 0 Å². The third kappa shape index (κ3) is 6.34. The van der Waals surface area contributed by atoms with Crippen molar-refractivity contribution in [2.24, 2.45) is 0 Å². The second-order valence-electron chi connectivity index (χ2n) is 7.85. The average molecular weight is 487 g/mol. The van der Waals surface area contributed by atoms with E-state index in [1.54, 1.807) is 37.3 Å². The first-order valence-electron chi connectivity index (χ1n) is 10.5. The highest BCUT2D eigenvalue weighted by molar-refractivity contribution is 6.36. The lowest BCUT2D eigenvalue weighted by Crippen LogP contribution is -2.32. The van der Waals surface area contributed by atoms with Crippen LogP contribution < -0.4 is 14.4 Å². The third-order valence-electron chi connectivity index (χ3n) is 5.39. The second kappa shape index (κ2) is 11.3. The van der Waals surface area contributed by atoms with Crippen molar-refractivity contribution in [2.45, 2.75) is 13.0 Å². The first kappa shape index (κ1) is 24.7. The van der Waals surface area contributed by atoms with Crippen molar-refractivity contribution >= 4 is 34.8 Å². The molecule has 0 atom stereocenters. The molecule has 0 bridgehead atoms. The molecule has 3 aromatic carbocycles. The number of halogens is 2. The summed E-state index contributed by atoms with van der Waals surface area (Å²) in [4.78, 5) is 17.3. The van der Waals surface area contributed by atoms with Crippen molar-refractivity contribution in [1.29, 1.82) is 0 Å². The lowest BCUT2D eigenvalue weighted by Gasteiger charge is -2.24. The van der Waals surface area contributed by atoms with Crippen LogP contribution >= 0.6 is 23.2 Å². The van der Waals surface area contributed by atoms with Gasteiger partial charge in [0, 0.05) is 37.9 Å². The molecule has 33 heavy (non-hydrogen) atoms. The summed E-state index contributed by atoms with van der Waals surface area (Å²) in [6.07, 6.45) is 0.646. The monoisotopic (exact) mass is 486 g/mol. The molecule has 7 heteroatoms. The molecule has 0 aliphatic heterocycles. The van der Waals surface area contributed by atoms with Gasteiger partial charge in [-0.3, -0.25) is 4.79 Å². The number of carbonyl (C=O) groups is 1. The molecule has 0 aliphatic carbocycles. The Labute approximate surface area is 205 Å². The maximum Gasteiger partial charge on any atom is 0.255 e. The summed E-state index contributed by atoms with van der Waals surface area (Å²) in [5.41, 5.74) is 3.60. The number of hydrogen-bond donors (Lipinski definition) is 0. The van der Waals surface area contributed by atoms with E-state index in [4.69, 9.17) is 32.7 Å². The predicted octanol–water partition coefficient (Wildman–Crippen LogP) is 5.96. The molecule has 1 amide bonds. The van der Waals surface area contributed by atoms with Crippen molar-refractivity contribution < 1.29 is 14.3 Å². The van der Waals surface area contributed by atoms with Crippen LogP contribution in [-0.4, -0.2) is 45.7 Å². The van der Waals surface area contributed by atoms with E-state index in [9.17, 15) is 4.79 Å². The van der Waals surface area contributed by atoms with Crippen LogP contribution in [0.3, 0.4) is 0 Å². The number of hydrogen-bond acceptors (Lipinski definition) is 4. The minimum atomic E-state index is -0.145. The van der Waals surface area contributed by atoms with Crippen LogP contribution in [0.4, 0.5) is 5.69 Å². The number of benzene rings is 3. The second-order valence-corrected chi connectivity index (χ2v) is 8.69. The van der Waals surface area contributed by atoms with Gasteiger partial charge in [0.2, 0.25) is 0 Å². The summed E-state index contributed by atoms with van der Waals surface area (Å²) >= 11 is 12.4. The zero-order valence-corrected chi connectivity index (χ0v) is 20.8. The van der Waals surface area contributed by atoms with Gasteiger partial charge in [-0.15, -0.1) is 0 Å². The zero-order chi connectivity index (χ0) is 24.0. The van der Waals surface area contributed by atoms with Gasteiger partial charge in [0.15, 0.2) is 11.5 Å².